The van der Waals surface area contributed by atoms with Gasteiger partial charge in [0.1, 0.15) is 0 Å². The zero-order valence-corrected chi connectivity index (χ0v) is 9.04. The maximum Gasteiger partial charge on any atom is 0.274 e. The minimum atomic E-state index is 0.723. The third kappa shape index (κ3) is 1.27. The predicted molar refractivity (Wildman–Crippen MR) is 63.7 cm³/mol. The van der Waals surface area contributed by atoms with Crippen molar-refractivity contribution >= 4 is 32.3 Å². The van der Waals surface area contributed by atoms with Crippen LogP contribution in [0, 0.1) is 0 Å². The fourth-order valence-electron chi connectivity index (χ4n) is 1.73. The van der Waals surface area contributed by atoms with Gasteiger partial charge in [-0.2, -0.15) is 0 Å². The van der Waals surface area contributed by atoms with Crippen LogP contribution in [0.4, 0.5) is 0 Å². The van der Waals surface area contributed by atoms with Gasteiger partial charge in [-0.15, -0.1) is 0 Å². The van der Waals surface area contributed by atoms with E-state index in [1.165, 1.54) is 15.5 Å². The Bertz CT molecular complexity index is 630. The summed E-state index contributed by atoms with van der Waals surface area (Å²) in [6, 6.07) is 12.5. The summed E-state index contributed by atoms with van der Waals surface area (Å²) in [4.78, 5) is 4.46. The Balaban J connectivity index is 2.47. The largest absolute Gasteiger partial charge is 0.473 e. The maximum absolute atomic E-state index is 5.16. The fourth-order valence-corrected chi connectivity index (χ4v) is 2.53. The maximum atomic E-state index is 5.16. The summed E-state index contributed by atoms with van der Waals surface area (Å²) in [5.74, 6) is 0. The average Bonchev–Trinajstić information content (AvgIpc) is 2.72. The molecular weight excluding hydrogens is 206 g/mol. The van der Waals surface area contributed by atoms with E-state index in [2.05, 4.69) is 29.2 Å². The number of fused-ring (bicyclic) bond motifs is 3. The topological polar surface area (TPSA) is 22.1 Å². The molecule has 0 aliphatic carbocycles. The molecule has 0 bridgehead atoms. The predicted octanol–water partition coefficient (Wildman–Crippen LogP) is 3.46. The minimum Gasteiger partial charge on any atom is -0.473 e. The van der Waals surface area contributed by atoms with Crippen LogP contribution >= 0.6 is 11.3 Å². The molecule has 0 fully saturated rings. The van der Waals surface area contributed by atoms with Gasteiger partial charge in [0.2, 0.25) is 0 Å². The van der Waals surface area contributed by atoms with Crippen molar-refractivity contribution < 1.29 is 4.74 Å². The lowest BCUT2D eigenvalue weighted by atomic mass is 10.1. The van der Waals surface area contributed by atoms with Crippen LogP contribution in [0.5, 0.6) is 5.19 Å². The Labute approximate surface area is 91.1 Å². The van der Waals surface area contributed by atoms with Gasteiger partial charge in [0.15, 0.2) is 0 Å². The second-order valence-electron chi connectivity index (χ2n) is 3.32. The number of hydrogen-bond donors (Lipinski definition) is 0. The second kappa shape index (κ2) is 3.21. The molecule has 0 saturated heterocycles. The number of ether oxygens (including phenoxy) is 1. The Morgan fingerprint density at radius 3 is 2.87 bits per heavy atom. The Morgan fingerprint density at radius 1 is 1.13 bits per heavy atom. The summed E-state index contributed by atoms with van der Waals surface area (Å²) in [5, 5.41) is 3.13. The lowest BCUT2D eigenvalue weighted by molar-refractivity contribution is 0.413. The number of hydrogen-bond acceptors (Lipinski definition) is 3. The molecule has 0 atom stereocenters. The third-order valence-electron chi connectivity index (χ3n) is 2.44. The number of rotatable bonds is 1. The van der Waals surface area contributed by atoms with E-state index in [1.54, 1.807) is 18.4 Å². The van der Waals surface area contributed by atoms with E-state index in [0.29, 0.717) is 0 Å². The molecule has 0 aliphatic rings. The molecule has 0 N–H and O–H groups in total. The first-order valence-electron chi connectivity index (χ1n) is 4.71. The molecule has 1 aromatic heterocycles. The van der Waals surface area contributed by atoms with Gasteiger partial charge in [-0.1, -0.05) is 41.7 Å². The van der Waals surface area contributed by atoms with E-state index in [9.17, 15) is 0 Å². The number of nitrogens with zero attached hydrogens (tertiary/aromatic N) is 1. The van der Waals surface area contributed by atoms with Gasteiger partial charge in [-0.05, 0) is 11.5 Å². The monoisotopic (exact) mass is 215 g/mol. The van der Waals surface area contributed by atoms with Crippen LogP contribution in [-0.4, -0.2) is 12.1 Å². The summed E-state index contributed by atoms with van der Waals surface area (Å²) >= 11 is 1.58. The van der Waals surface area contributed by atoms with Crippen molar-refractivity contribution in [3.8, 4) is 5.19 Å². The summed E-state index contributed by atoms with van der Waals surface area (Å²) in [6.45, 7) is 0. The molecule has 1 heterocycles. The van der Waals surface area contributed by atoms with Crippen molar-refractivity contribution in [1.29, 1.82) is 0 Å². The summed E-state index contributed by atoms with van der Waals surface area (Å²) in [6.07, 6.45) is 0. The van der Waals surface area contributed by atoms with Crippen LogP contribution in [0.15, 0.2) is 36.4 Å². The minimum absolute atomic E-state index is 0.723. The summed E-state index contributed by atoms with van der Waals surface area (Å²) < 4.78 is 6.33. The quantitative estimate of drug-likeness (QED) is 0.620. The number of thiazole rings is 1. The molecule has 15 heavy (non-hydrogen) atoms. The van der Waals surface area contributed by atoms with Crippen LogP contribution in [0.25, 0.3) is 21.0 Å². The van der Waals surface area contributed by atoms with E-state index in [4.69, 9.17) is 4.74 Å². The molecule has 74 valence electrons. The highest BCUT2D eigenvalue weighted by atomic mass is 32.1. The first kappa shape index (κ1) is 8.68. The summed E-state index contributed by atoms with van der Waals surface area (Å²) in [5.41, 5.74) is 1.04. The Hall–Kier alpha value is -1.61. The molecule has 0 spiro atoms. The molecule has 0 unspecified atom stereocenters. The smallest absolute Gasteiger partial charge is 0.274 e. The van der Waals surface area contributed by atoms with Crippen molar-refractivity contribution in [2.45, 2.75) is 0 Å². The number of benzene rings is 2. The average molecular weight is 215 g/mol. The van der Waals surface area contributed by atoms with E-state index in [-0.39, 0.29) is 0 Å². The lowest BCUT2D eigenvalue weighted by Gasteiger charge is -1.96. The SMILES string of the molecule is COc1nc2c(ccc3ccccc32)s1. The molecule has 3 heteroatoms. The van der Waals surface area contributed by atoms with Crippen LogP contribution in [0.1, 0.15) is 0 Å². The third-order valence-corrected chi connectivity index (χ3v) is 3.42. The van der Waals surface area contributed by atoms with E-state index >= 15 is 0 Å². The van der Waals surface area contributed by atoms with Gasteiger partial charge in [0.05, 0.1) is 17.3 Å². The fraction of sp³-hybridized carbons (Fsp3) is 0.0833. The first-order valence-corrected chi connectivity index (χ1v) is 5.52. The highest BCUT2D eigenvalue weighted by Crippen LogP contribution is 2.32. The molecule has 3 aromatic rings. The zero-order valence-electron chi connectivity index (χ0n) is 8.23. The molecule has 0 saturated carbocycles. The molecule has 0 radical (unpaired) electrons. The van der Waals surface area contributed by atoms with Gasteiger partial charge < -0.3 is 4.74 Å². The van der Waals surface area contributed by atoms with Crippen LogP contribution < -0.4 is 4.74 Å². The Morgan fingerprint density at radius 2 is 2.00 bits per heavy atom. The normalized spacial score (nSPS) is 11.0. The molecular formula is C12H9NOS. The van der Waals surface area contributed by atoms with Crippen LogP contribution in [-0.2, 0) is 0 Å². The highest BCUT2D eigenvalue weighted by Gasteiger charge is 2.06. The van der Waals surface area contributed by atoms with Crippen molar-refractivity contribution in [1.82, 2.24) is 4.98 Å². The number of aromatic nitrogens is 1. The molecule has 3 rings (SSSR count). The van der Waals surface area contributed by atoms with Gasteiger partial charge in [-0.25, -0.2) is 4.98 Å². The number of methoxy groups -OCH3 is 1. The molecule has 2 aromatic carbocycles. The standard InChI is InChI=1S/C12H9NOS/c1-14-12-13-11-9-5-3-2-4-8(9)6-7-10(11)15-12/h2-7H,1H3. The van der Waals surface area contributed by atoms with E-state index in [0.717, 1.165) is 10.7 Å². The van der Waals surface area contributed by atoms with Crippen LogP contribution in [0.3, 0.4) is 0 Å². The second-order valence-corrected chi connectivity index (χ2v) is 4.31. The Kier molecular flexibility index (Phi) is 1.86. The first-order chi connectivity index (χ1) is 7.38. The van der Waals surface area contributed by atoms with Crippen molar-refractivity contribution in [2.75, 3.05) is 7.11 Å². The van der Waals surface area contributed by atoms with Gasteiger partial charge in [0, 0.05) is 5.39 Å². The van der Waals surface area contributed by atoms with Crippen molar-refractivity contribution in [3.63, 3.8) is 0 Å². The summed E-state index contributed by atoms with van der Waals surface area (Å²) in [7, 11) is 1.65. The van der Waals surface area contributed by atoms with Gasteiger partial charge in [0.25, 0.3) is 5.19 Å². The van der Waals surface area contributed by atoms with Crippen molar-refractivity contribution in [3.05, 3.63) is 36.4 Å². The van der Waals surface area contributed by atoms with Crippen LogP contribution in [0.2, 0.25) is 0 Å². The van der Waals surface area contributed by atoms with Gasteiger partial charge in [-0.3, -0.25) is 0 Å². The molecule has 0 amide bonds. The highest BCUT2D eigenvalue weighted by molar-refractivity contribution is 7.20. The molecule has 2 nitrogen and oxygen atoms in total. The van der Waals surface area contributed by atoms with Gasteiger partial charge >= 0.3 is 0 Å². The van der Waals surface area contributed by atoms with Crippen molar-refractivity contribution in [2.24, 2.45) is 0 Å². The zero-order chi connectivity index (χ0) is 10.3. The van der Waals surface area contributed by atoms with E-state index in [1.807, 2.05) is 12.1 Å². The lowest BCUT2D eigenvalue weighted by Crippen LogP contribution is -1.79. The molecule has 0 aliphatic heterocycles. The van der Waals surface area contributed by atoms with E-state index < -0.39 is 0 Å².